The molecule has 0 unspecified atom stereocenters. The van der Waals surface area contributed by atoms with Crippen LogP contribution in [0.1, 0.15) is 0 Å². The quantitative estimate of drug-likeness (QED) is 0.636. The molecule has 1 aromatic carbocycles. The van der Waals surface area contributed by atoms with E-state index in [1.165, 1.54) is 0 Å². The molecule has 21 heavy (non-hydrogen) atoms. The highest BCUT2D eigenvalue weighted by molar-refractivity contribution is 5.82. The summed E-state index contributed by atoms with van der Waals surface area (Å²) in [5.41, 5.74) is 1.10. The molecule has 1 aromatic heterocycles. The summed E-state index contributed by atoms with van der Waals surface area (Å²) in [5, 5.41) is 12.0. The molecule has 0 radical (unpaired) electrons. The van der Waals surface area contributed by atoms with Crippen molar-refractivity contribution in [3.63, 3.8) is 0 Å². The van der Waals surface area contributed by atoms with Gasteiger partial charge in [-0.25, -0.2) is 0 Å². The number of rotatable bonds is 4. The second-order valence-electron chi connectivity index (χ2n) is 5.65. The maximum absolute atomic E-state index is 10.9. The molecule has 1 aliphatic rings. The number of nitro groups is 1. The number of nitrogens with zero attached hydrogens (tertiary/aromatic N) is 4. The van der Waals surface area contributed by atoms with Gasteiger partial charge in [-0.05, 0) is 19.2 Å². The van der Waals surface area contributed by atoms with Crippen molar-refractivity contribution in [2.75, 3.05) is 39.8 Å². The van der Waals surface area contributed by atoms with Gasteiger partial charge in [0.1, 0.15) is 0 Å². The molecule has 0 spiro atoms. The topological polar surface area (TPSA) is 54.5 Å². The Bertz CT molecular complexity index is 644. The van der Waals surface area contributed by atoms with Crippen molar-refractivity contribution in [3.05, 3.63) is 40.6 Å². The molecule has 2 aromatic rings. The molecule has 1 aliphatic heterocycles. The van der Waals surface area contributed by atoms with Crippen LogP contribution in [-0.2, 0) is 6.54 Å². The summed E-state index contributed by atoms with van der Waals surface area (Å²) in [7, 11) is 2.15. The van der Waals surface area contributed by atoms with Crippen LogP contribution in [0.15, 0.2) is 30.5 Å². The van der Waals surface area contributed by atoms with E-state index >= 15 is 0 Å². The first-order valence-corrected chi connectivity index (χ1v) is 7.28. The number of benzene rings is 1. The van der Waals surface area contributed by atoms with E-state index in [0.29, 0.717) is 0 Å². The molecule has 6 heteroatoms. The van der Waals surface area contributed by atoms with Crippen LogP contribution >= 0.6 is 0 Å². The fraction of sp³-hybridized carbons (Fsp3) is 0.467. The fourth-order valence-electron chi connectivity index (χ4n) is 2.80. The number of hydrogen-bond donors (Lipinski definition) is 0. The van der Waals surface area contributed by atoms with Crippen LogP contribution in [0.25, 0.3) is 10.9 Å². The van der Waals surface area contributed by atoms with Crippen molar-refractivity contribution in [1.82, 2.24) is 14.4 Å². The number of non-ortho nitro benzene ring substituents is 1. The van der Waals surface area contributed by atoms with E-state index in [9.17, 15) is 10.1 Å². The van der Waals surface area contributed by atoms with Crippen LogP contribution in [0.5, 0.6) is 0 Å². The molecular formula is C15H20N4O2. The van der Waals surface area contributed by atoms with Gasteiger partial charge in [-0.1, -0.05) is 0 Å². The molecule has 2 heterocycles. The molecule has 0 N–H and O–H groups in total. The Morgan fingerprint density at radius 2 is 1.90 bits per heavy atom. The van der Waals surface area contributed by atoms with E-state index in [4.69, 9.17) is 0 Å². The van der Waals surface area contributed by atoms with Crippen molar-refractivity contribution in [2.45, 2.75) is 6.54 Å². The Hall–Kier alpha value is -1.92. The van der Waals surface area contributed by atoms with Crippen molar-refractivity contribution < 1.29 is 4.92 Å². The smallest absolute Gasteiger partial charge is 0.271 e. The summed E-state index contributed by atoms with van der Waals surface area (Å²) < 4.78 is 2.11. The first kappa shape index (κ1) is 14.0. The molecule has 112 valence electrons. The third kappa shape index (κ3) is 3.06. The van der Waals surface area contributed by atoms with Crippen LogP contribution < -0.4 is 0 Å². The van der Waals surface area contributed by atoms with Gasteiger partial charge in [0.2, 0.25) is 0 Å². The van der Waals surface area contributed by atoms with Gasteiger partial charge in [-0.15, -0.1) is 0 Å². The van der Waals surface area contributed by atoms with E-state index in [0.717, 1.165) is 50.2 Å². The van der Waals surface area contributed by atoms with Gasteiger partial charge in [0.25, 0.3) is 5.69 Å². The highest BCUT2D eigenvalue weighted by Gasteiger charge is 2.14. The van der Waals surface area contributed by atoms with Crippen molar-refractivity contribution in [2.24, 2.45) is 0 Å². The molecule has 1 saturated heterocycles. The largest absolute Gasteiger partial charge is 0.346 e. The second-order valence-corrected chi connectivity index (χ2v) is 5.65. The minimum atomic E-state index is -0.336. The van der Waals surface area contributed by atoms with Crippen LogP contribution in [0.4, 0.5) is 5.69 Å². The van der Waals surface area contributed by atoms with Gasteiger partial charge in [-0.3, -0.25) is 15.0 Å². The van der Waals surface area contributed by atoms with Gasteiger partial charge in [0, 0.05) is 63.0 Å². The molecule has 0 atom stereocenters. The number of piperazine rings is 1. The summed E-state index contributed by atoms with van der Waals surface area (Å²) in [6.07, 6.45) is 2.02. The van der Waals surface area contributed by atoms with E-state index in [1.807, 2.05) is 18.3 Å². The summed E-state index contributed by atoms with van der Waals surface area (Å²) in [5.74, 6) is 0. The van der Waals surface area contributed by atoms with Gasteiger partial charge in [0.05, 0.1) is 10.4 Å². The second kappa shape index (κ2) is 5.83. The number of hydrogen-bond acceptors (Lipinski definition) is 4. The lowest BCUT2D eigenvalue weighted by Gasteiger charge is -2.32. The van der Waals surface area contributed by atoms with Gasteiger partial charge < -0.3 is 9.47 Å². The lowest BCUT2D eigenvalue weighted by atomic mass is 10.2. The van der Waals surface area contributed by atoms with Crippen LogP contribution in [0.3, 0.4) is 0 Å². The molecule has 3 rings (SSSR count). The summed E-state index contributed by atoms with van der Waals surface area (Å²) in [4.78, 5) is 15.3. The first-order chi connectivity index (χ1) is 10.1. The number of aromatic nitrogens is 1. The molecule has 0 saturated carbocycles. The maximum Gasteiger partial charge on any atom is 0.271 e. The predicted molar refractivity (Wildman–Crippen MR) is 82.5 cm³/mol. The lowest BCUT2D eigenvalue weighted by Crippen LogP contribution is -2.45. The van der Waals surface area contributed by atoms with Crippen molar-refractivity contribution >= 4 is 16.6 Å². The summed E-state index contributed by atoms with van der Waals surface area (Å²) in [6.45, 7) is 6.26. The predicted octanol–water partition coefficient (Wildman–Crippen LogP) is 1.80. The third-order valence-electron chi connectivity index (χ3n) is 4.22. The van der Waals surface area contributed by atoms with Crippen LogP contribution in [-0.4, -0.2) is 59.1 Å². The Kier molecular flexibility index (Phi) is 3.90. The number of fused-ring (bicyclic) bond motifs is 1. The molecule has 0 amide bonds. The highest BCUT2D eigenvalue weighted by Crippen LogP contribution is 2.22. The Balaban J connectivity index is 1.71. The Morgan fingerprint density at radius 1 is 1.14 bits per heavy atom. The summed E-state index contributed by atoms with van der Waals surface area (Å²) in [6, 6.07) is 7.06. The van der Waals surface area contributed by atoms with Crippen LogP contribution in [0.2, 0.25) is 0 Å². The van der Waals surface area contributed by atoms with Gasteiger partial charge in [0.15, 0.2) is 0 Å². The maximum atomic E-state index is 10.9. The molecular weight excluding hydrogens is 268 g/mol. The minimum absolute atomic E-state index is 0.155. The van der Waals surface area contributed by atoms with Crippen molar-refractivity contribution in [1.29, 1.82) is 0 Å². The van der Waals surface area contributed by atoms with Crippen molar-refractivity contribution in [3.8, 4) is 0 Å². The third-order valence-corrected chi connectivity index (χ3v) is 4.22. The normalized spacial score (nSPS) is 17.4. The van der Waals surface area contributed by atoms with E-state index in [1.54, 1.807) is 12.1 Å². The van der Waals surface area contributed by atoms with E-state index < -0.39 is 0 Å². The zero-order valence-electron chi connectivity index (χ0n) is 12.2. The fourth-order valence-corrected chi connectivity index (χ4v) is 2.80. The van der Waals surface area contributed by atoms with E-state index in [-0.39, 0.29) is 10.6 Å². The van der Waals surface area contributed by atoms with E-state index in [2.05, 4.69) is 21.4 Å². The average Bonchev–Trinajstić information content (AvgIpc) is 2.89. The lowest BCUT2D eigenvalue weighted by molar-refractivity contribution is -0.384. The Labute approximate surface area is 123 Å². The standard InChI is InChI=1S/C15H20N4O2/c1-16-6-8-17(9-7-16)10-11-18-5-4-13-2-3-14(19(20)21)12-15(13)18/h2-5,12H,6-11H2,1H3. The molecule has 0 bridgehead atoms. The Morgan fingerprint density at radius 3 is 2.62 bits per heavy atom. The SMILES string of the molecule is CN1CCN(CCn2ccc3ccc([N+](=O)[O-])cc32)CC1. The van der Waals surface area contributed by atoms with Gasteiger partial charge >= 0.3 is 0 Å². The first-order valence-electron chi connectivity index (χ1n) is 7.28. The number of likely N-dealkylation sites (N-methyl/N-ethyl adjacent to an activating group) is 1. The zero-order chi connectivity index (χ0) is 14.8. The highest BCUT2D eigenvalue weighted by atomic mass is 16.6. The van der Waals surface area contributed by atoms with Gasteiger partial charge in [-0.2, -0.15) is 0 Å². The summed E-state index contributed by atoms with van der Waals surface area (Å²) >= 11 is 0. The average molecular weight is 288 g/mol. The minimum Gasteiger partial charge on any atom is -0.346 e. The molecule has 6 nitrogen and oxygen atoms in total. The number of nitro benzene ring substituents is 1. The van der Waals surface area contributed by atoms with Crippen LogP contribution in [0, 0.1) is 10.1 Å². The molecule has 0 aliphatic carbocycles. The zero-order valence-corrected chi connectivity index (χ0v) is 12.2. The molecule has 1 fully saturated rings. The monoisotopic (exact) mass is 288 g/mol.